The van der Waals surface area contributed by atoms with Gasteiger partial charge in [-0.1, -0.05) is 6.07 Å². The molecule has 8 heteroatoms. The van der Waals surface area contributed by atoms with Crippen molar-refractivity contribution in [2.45, 2.75) is 19.4 Å². The highest BCUT2D eigenvalue weighted by atomic mass is 15.4. The molecule has 0 atom stereocenters. The van der Waals surface area contributed by atoms with Gasteiger partial charge in [0.15, 0.2) is 0 Å². The molecular formula is C23H24N8. The van der Waals surface area contributed by atoms with E-state index in [1.807, 2.05) is 36.1 Å². The Morgan fingerprint density at radius 2 is 1.94 bits per heavy atom. The lowest BCUT2D eigenvalue weighted by molar-refractivity contribution is 0.130. The first-order chi connectivity index (χ1) is 15.0. The normalized spacial score (nSPS) is 14.6. The Morgan fingerprint density at radius 3 is 2.74 bits per heavy atom. The molecule has 1 fully saturated rings. The van der Waals surface area contributed by atoms with Crippen LogP contribution >= 0.6 is 0 Å². The Morgan fingerprint density at radius 1 is 1.10 bits per heavy atom. The average Bonchev–Trinajstić information content (AvgIpc) is 3.22. The van der Waals surface area contributed by atoms with E-state index in [-0.39, 0.29) is 11.3 Å². The molecule has 8 nitrogen and oxygen atoms in total. The van der Waals surface area contributed by atoms with Gasteiger partial charge < -0.3 is 4.90 Å². The highest BCUT2D eigenvalue weighted by molar-refractivity contribution is 5.87. The summed E-state index contributed by atoms with van der Waals surface area (Å²) in [5.41, 5.74) is 4.97. The first-order valence-corrected chi connectivity index (χ1v) is 10.3. The van der Waals surface area contributed by atoms with Crippen molar-refractivity contribution in [3.8, 4) is 11.1 Å². The molecule has 0 amide bonds. The minimum atomic E-state index is 0.204. The Hall–Kier alpha value is -3.65. The lowest BCUT2D eigenvalue weighted by atomic mass is 10.0. The number of hydrogen-bond donors (Lipinski definition) is 2. The van der Waals surface area contributed by atoms with Gasteiger partial charge in [-0.3, -0.25) is 20.5 Å². The molecule has 0 radical (unpaired) electrons. The van der Waals surface area contributed by atoms with Gasteiger partial charge in [-0.15, -0.1) is 0 Å². The summed E-state index contributed by atoms with van der Waals surface area (Å²) >= 11 is 0. The standard InChI is InChI=1S/C23H24N8/c1-15-3-6-22(24)31(28-15)23(25)8-16-4-5-21-17(7-16)9-18(10-26-21)19-11-27-30(12-19)20-13-29(2)14-20/h3-7,9-12,20,24-25H,8,13-14H2,1-2H3. The molecular weight excluding hydrogens is 388 g/mol. The van der Waals surface area contributed by atoms with Crippen LogP contribution in [0.2, 0.25) is 0 Å². The number of hydrogen-bond acceptors (Lipinski definition) is 6. The van der Waals surface area contributed by atoms with Gasteiger partial charge in [-0.25, -0.2) is 4.68 Å². The molecule has 1 aliphatic rings. The first-order valence-electron chi connectivity index (χ1n) is 10.3. The van der Waals surface area contributed by atoms with Crippen molar-refractivity contribution in [2.75, 3.05) is 20.1 Å². The SMILES string of the molecule is Cc1ccc(=N)n(C(=N)Cc2ccc3ncc(-c4cnn(C5CN(C)C5)c4)cc3c2)n1. The summed E-state index contributed by atoms with van der Waals surface area (Å²) in [5, 5.41) is 26.3. The number of aromatic nitrogens is 5. The van der Waals surface area contributed by atoms with E-state index in [0.717, 1.165) is 46.4 Å². The third-order valence-corrected chi connectivity index (χ3v) is 5.70. The van der Waals surface area contributed by atoms with Gasteiger partial charge in [-0.2, -0.15) is 10.2 Å². The number of likely N-dealkylation sites (tertiary alicyclic amines) is 1. The third kappa shape index (κ3) is 3.77. The van der Waals surface area contributed by atoms with Crippen molar-refractivity contribution in [2.24, 2.45) is 0 Å². The number of pyridine rings is 1. The predicted molar refractivity (Wildman–Crippen MR) is 119 cm³/mol. The van der Waals surface area contributed by atoms with Crippen molar-refractivity contribution in [1.29, 1.82) is 10.8 Å². The third-order valence-electron chi connectivity index (χ3n) is 5.70. The van der Waals surface area contributed by atoms with E-state index in [0.29, 0.717) is 12.5 Å². The summed E-state index contributed by atoms with van der Waals surface area (Å²) in [7, 11) is 2.11. The largest absolute Gasteiger partial charge is 0.302 e. The zero-order valence-corrected chi connectivity index (χ0v) is 17.6. The quantitative estimate of drug-likeness (QED) is 0.398. The Labute approximate surface area is 179 Å². The Balaban J connectivity index is 1.41. The molecule has 0 bridgehead atoms. The topological polar surface area (TPSA) is 99.5 Å². The van der Waals surface area contributed by atoms with Crippen LogP contribution in [0.4, 0.5) is 0 Å². The van der Waals surface area contributed by atoms with Gasteiger partial charge in [0.2, 0.25) is 0 Å². The van der Waals surface area contributed by atoms with Gasteiger partial charge in [0.25, 0.3) is 0 Å². The van der Waals surface area contributed by atoms with Gasteiger partial charge in [0.05, 0.1) is 23.4 Å². The van der Waals surface area contributed by atoms with Crippen molar-refractivity contribution >= 4 is 16.7 Å². The number of nitrogens with zero attached hydrogens (tertiary/aromatic N) is 6. The number of fused-ring (bicyclic) bond motifs is 1. The van der Waals surface area contributed by atoms with Crippen molar-refractivity contribution in [1.82, 2.24) is 29.4 Å². The maximum atomic E-state index is 8.42. The van der Waals surface area contributed by atoms with Crippen LogP contribution in [-0.4, -0.2) is 55.4 Å². The second-order valence-corrected chi connectivity index (χ2v) is 8.23. The molecule has 4 aromatic rings. The maximum Gasteiger partial charge on any atom is 0.148 e. The molecule has 0 aliphatic carbocycles. The van der Waals surface area contributed by atoms with Crippen molar-refractivity contribution in [3.05, 3.63) is 71.7 Å². The minimum Gasteiger partial charge on any atom is -0.302 e. The molecule has 2 N–H and O–H groups in total. The predicted octanol–water partition coefficient (Wildman–Crippen LogP) is 2.64. The minimum absolute atomic E-state index is 0.204. The summed E-state index contributed by atoms with van der Waals surface area (Å²) < 4.78 is 3.42. The molecule has 1 aliphatic heterocycles. The smallest absolute Gasteiger partial charge is 0.148 e. The fourth-order valence-corrected chi connectivity index (χ4v) is 3.96. The molecule has 4 heterocycles. The second-order valence-electron chi connectivity index (χ2n) is 8.23. The van der Waals surface area contributed by atoms with Gasteiger partial charge >= 0.3 is 0 Å². The van der Waals surface area contributed by atoms with E-state index in [9.17, 15) is 0 Å². The van der Waals surface area contributed by atoms with E-state index >= 15 is 0 Å². The molecule has 5 rings (SSSR count). The number of nitrogens with one attached hydrogen (secondary N) is 2. The van der Waals surface area contributed by atoms with Crippen molar-refractivity contribution in [3.63, 3.8) is 0 Å². The lowest BCUT2D eigenvalue weighted by Gasteiger charge is -2.36. The maximum absolute atomic E-state index is 8.42. The fraction of sp³-hybridized carbons (Fsp3) is 0.261. The fourth-order valence-electron chi connectivity index (χ4n) is 3.96. The molecule has 0 spiro atoms. The van der Waals surface area contributed by atoms with Crippen LogP contribution < -0.4 is 5.49 Å². The zero-order chi connectivity index (χ0) is 21.5. The monoisotopic (exact) mass is 412 g/mol. The summed E-state index contributed by atoms with van der Waals surface area (Å²) in [6.45, 7) is 3.91. The van der Waals surface area contributed by atoms with Crippen molar-refractivity contribution < 1.29 is 0 Å². The van der Waals surface area contributed by atoms with Crippen LogP contribution in [0.25, 0.3) is 22.0 Å². The van der Waals surface area contributed by atoms with E-state index < -0.39 is 0 Å². The summed E-state index contributed by atoms with van der Waals surface area (Å²) in [6, 6.07) is 12.0. The highest BCUT2D eigenvalue weighted by Crippen LogP contribution is 2.26. The molecule has 1 saturated heterocycles. The van der Waals surface area contributed by atoms with E-state index in [1.165, 1.54) is 4.68 Å². The van der Waals surface area contributed by atoms with Crippen LogP contribution in [0.15, 0.2) is 55.0 Å². The summed E-state index contributed by atoms with van der Waals surface area (Å²) in [5.74, 6) is 0.268. The second kappa shape index (κ2) is 7.55. The number of likely N-dealkylation sites (N-methyl/N-ethyl adjacent to an activating group) is 1. The van der Waals surface area contributed by atoms with Crippen LogP contribution in [0.3, 0.4) is 0 Å². The van der Waals surface area contributed by atoms with E-state index in [1.54, 1.807) is 12.1 Å². The first kappa shape index (κ1) is 19.3. The summed E-state index contributed by atoms with van der Waals surface area (Å²) in [4.78, 5) is 6.89. The molecule has 0 unspecified atom stereocenters. The van der Waals surface area contributed by atoms with Crippen LogP contribution in [0, 0.1) is 17.7 Å². The molecule has 1 aromatic carbocycles. The zero-order valence-electron chi connectivity index (χ0n) is 17.6. The number of rotatable bonds is 4. The van der Waals surface area contributed by atoms with Crippen LogP contribution in [-0.2, 0) is 6.42 Å². The van der Waals surface area contributed by atoms with E-state index in [2.05, 4.69) is 45.5 Å². The van der Waals surface area contributed by atoms with Gasteiger partial charge in [0, 0.05) is 48.4 Å². The van der Waals surface area contributed by atoms with Crippen LogP contribution in [0.1, 0.15) is 17.3 Å². The van der Waals surface area contributed by atoms with Gasteiger partial charge in [-0.05, 0) is 49.9 Å². The number of aryl methyl sites for hydroxylation is 1. The highest BCUT2D eigenvalue weighted by Gasteiger charge is 2.25. The van der Waals surface area contributed by atoms with Gasteiger partial charge in [0.1, 0.15) is 11.3 Å². The lowest BCUT2D eigenvalue weighted by Crippen LogP contribution is -2.45. The van der Waals surface area contributed by atoms with Crippen LogP contribution in [0.5, 0.6) is 0 Å². The van der Waals surface area contributed by atoms with E-state index in [4.69, 9.17) is 10.8 Å². The molecule has 3 aromatic heterocycles. The molecule has 0 saturated carbocycles. The summed E-state index contributed by atoms with van der Waals surface area (Å²) in [6.07, 6.45) is 6.27. The molecule has 31 heavy (non-hydrogen) atoms. The average molecular weight is 413 g/mol. The molecule has 156 valence electrons. The Kier molecular flexibility index (Phi) is 4.71. The number of benzene rings is 1. The Bertz CT molecular complexity index is 1340.